The van der Waals surface area contributed by atoms with E-state index in [0.717, 1.165) is 66.9 Å². The first kappa shape index (κ1) is 21.4. The Bertz CT molecular complexity index is 1190. The number of aryl methyl sites for hydroxylation is 1. The minimum Gasteiger partial charge on any atom is -0.478 e. The quantitative estimate of drug-likeness (QED) is 0.510. The van der Waals surface area contributed by atoms with E-state index in [9.17, 15) is 4.79 Å². The fourth-order valence-corrected chi connectivity index (χ4v) is 5.68. The first-order valence-electron chi connectivity index (χ1n) is 12.2. The second kappa shape index (κ2) is 8.55. The summed E-state index contributed by atoms with van der Waals surface area (Å²) in [7, 11) is 0. The molecule has 2 aliphatic heterocycles. The van der Waals surface area contributed by atoms with Crippen molar-refractivity contribution >= 4 is 11.8 Å². The highest BCUT2D eigenvalue weighted by atomic mass is 16.5. The number of aromatic carboxylic acids is 1. The predicted octanol–water partition coefficient (Wildman–Crippen LogP) is 5.34. The Labute approximate surface area is 198 Å². The molecule has 3 aliphatic rings. The fraction of sp³-hybridized carbons (Fsp3) is 0.444. The van der Waals surface area contributed by atoms with Crippen molar-refractivity contribution in [3.8, 4) is 11.3 Å². The highest BCUT2D eigenvalue weighted by molar-refractivity contribution is 5.87. The number of piperidine rings is 1. The molecule has 1 N–H and O–H groups in total. The van der Waals surface area contributed by atoms with Crippen molar-refractivity contribution in [1.82, 2.24) is 10.1 Å². The molecular formula is C27H29N3O4. The van der Waals surface area contributed by atoms with Crippen LogP contribution in [0.25, 0.3) is 11.3 Å². The second-order valence-corrected chi connectivity index (χ2v) is 9.87. The third kappa shape index (κ3) is 3.88. The lowest BCUT2D eigenvalue weighted by molar-refractivity contribution is 0.0146. The summed E-state index contributed by atoms with van der Waals surface area (Å²) in [6.07, 6.45) is 8.07. The molecule has 7 nitrogen and oxygen atoms in total. The van der Waals surface area contributed by atoms with Crippen molar-refractivity contribution in [2.24, 2.45) is 0 Å². The largest absolute Gasteiger partial charge is 0.478 e. The van der Waals surface area contributed by atoms with Gasteiger partial charge in [-0.1, -0.05) is 29.4 Å². The van der Waals surface area contributed by atoms with Crippen LogP contribution in [0.3, 0.4) is 0 Å². The molecule has 2 saturated heterocycles. The molecule has 1 saturated carbocycles. The Kier molecular flexibility index (Phi) is 5.37. The maximum Gasteiger partial charge on any atom is 0.337 e. The van der Waals surface area contributed by atoms with Gasteiger partial charge in [-0.25, -0.2) is 9.78 Å². The zero-order chi connectivity index (χ0) is 23.2. The molecular weight excluding hydrogens is 430 g/mol. The van der Waals surface area contributed by atoms with Crippen molar-refractivity contribution in [3.63, 3.8) is 0 Å². The van der Waals surface area contributed by atoms with E-state index in [1.165, 1.54) is 11.8 Å². The molecule has 3 atom stereocenters. The van der Waals surface area contributed by atoms with Gasteiger partial charge in [-0.15, -0.1) is 0 Å². The zero-order valence-electron chi connectivity index (χ0n) is 19.3. The van der Waals surface area contributed by atoms with Gasteiger partial charge in [0.05, 0.1) is 18.3 Å². The van der Waals surface area contributed by atoms with Crippen LogP contribution in [-0.2, 0) is 11.3 Å². The Balaban J connectivity index is 1.18. The van der Waals surface area contributed by atoms with Crippen molar-refractivity contribution in [3.05, 3.63) is 65.0 Å². The van der Waals surface area contributed by atoms with Crippen LogP contribution in [0, 0.1) is 6.92 Å². The number of rotatable bonds is 7. The lowest BCUT2D eigenvalue weighted by Crippen LogP contribution is -2.46. The topological polar surface area (TPSA) is 88.7 Å². The maximum atomic E-state index is 11.2. The Morgan fingerprint density at radius 2 is 1.88 bits per heavy atom. The van der Waals surface area contributed by atoms with Crippen LogP contribution in [0.1, 0.15) is 71.7 Å². The average Bonchev–Trinajstić information content (AvgIpc) is 3.55. The molecule has 2 bridgehead atoms. The molecule has 3 aromatic rings. The molecule has 1 unspecified atom stereocenters. The van der Waals surface area contributed by atoms with Crippen LogP contribution >= 0.6 is 0 Å². The third-order valence-electron chi connectivity index (χ3n) is 7.58. The van der Waals surface area contributed by atoms with Crippen molar-refractivity contribution in [1.29, 1.82) is 0 Å². The van der Waals surface area contributed by atoms with Crippen LogP contribution in [-0.4, -0.2) is 39.4 Å². The zero-order valence-corrected chi connectivity index (χ0v) is 19.3. The molecule has 2 aromatic heterocycles. The van der Waals surface area contributed by atoms with E-state index < -0.39 is 5.97 Å². The van der Waals surface area contributed by atoms with Gasteiger partial charge >= 0.3 is 5.97 Å². The number of ether oxygens (including phenoxy) is 1. The summed E-state index contributed by atoms with van der Waals surface area (Å²) in [4.78, 5) is 18.0. The SMILES string of the molecule is Cc1ccccc1-c1noc(C2CC2)c1CO[C@@H]1CC2CC[C@@H](C1)N2c1ccc(C(=O)O)cn1. The summed E-state index contributed by atoms with van der Waals surface area (Å²) in [6, 6.07) is 12.5. The standard InChI is InChI=1S/C27H29N3O4/c1-16-4-2-3-5-22(16)25-23(26(34-29-25)17-6-7-17)15-33-21-12-19-9-10-20(13-21)30(19)24-11-8-18(14-28-24)27(31)32/h2-5,8,11,14,17,19-21H,6-7,9-10,12-13,15H2,1H3,(H,31,32)/t19-,20?,21-/m0/s1. The summed E-state index contributed by atoms with van der Waals surface area (Å²) < 4.78 is 12.4. The minimum absolute atomic E-state index is 0.179. The van der Waals surface area contributed by atoms with Gasteiger partial charge in [0, 0.05) is 35.3 Å². The molecule has 0 amide bonds. The van der Waals surface area contributed by atoms with Crippen LogP contribution in [0.15, 0.2) is 47.1 Å². The number of hydrogen-bond acceptors (Lipinski definition) is 6. The molecule has 0 spiro atoms. The molecule has 4 heterocycles. The molecule has 0 radical (unpaired) electrons. The summed E-state index contributed by atoms with van der Waals surface area (Å²) in [5, 5.41) is 13.6. The van der Waals surface area contributed by atoms with Gasteiger partial charge in [0.15, 0.2) is 0 Å². The monoisotopic (exact) mass is 459 g/mol. The molecule has 7 heteroatoms. The molecule has 1 aromatic carbocycles. The summed E-state index contributed by atoms with van der Waals surface area (Å²) in [6.45, 7) is 2.63. The fourth-order valence-electron chi connectivity index (χ4n) is 5.68. The van der Waals surface area contributed by atoms with E-state index in [1.54, 1.807) is 6.07 Å². The van der Waals surface area contributed by atoms with Gasteiger partial charge in [0.1, 0.15) is 17.3 Å². The number of pyridine rings is 1. The molecule has 6 rings (SSSR count). The van der Waals surface area contributed by atoms with E-state index in [4.69, 9.17) is 14.4 Å². The van der Waals surface area contributed by atoms with Crippen LogP contribution in [0.2, 0.25) is 0 Å². The van der Waals surface area contributed by atoms with E-state index in [2.05, 4.69) is 34.1 Å². The highest BCUT2D eigenvalue weighted by Crippen LogP contribution is 2.45. The number of carboxylic acid groups (broad SMARTS) is 1. The van der Waals surface area contributed by atoms with Crippen molar-refractivity contribution in [2.45, 2.75) is 76.2 Å². The average molecular weight is 460 g/mol. The van der Waals surface area contributed by atoms with E-state index in [0.29, 0.717) is 24.6 Å². The molecule has 176 valence electrons. The lowest BCUT2D eigenvalue weighted by atomic mass is 9.98. The number of fused-ring (bicyclic) bond motifs is 2. The third-order valence-corrected chi connectivity index (χ3v) is 7.58. The Morgan fingerprint density at radius 1 is 1.12 bits per heavy atom. The van der Waals surface area contributed by atoms with Crippen LogP contribution < -0.4 is 4.90 Å². The van der Waals surface area contributed by atoms with Gasteiger partial charge in [-0.3, -0.25) is 0 Å². The smallest absolute Gasteiger partial charge is 0.337 e. The van der Waals surface area contributed by atoms with Gasteiger partial charge in [0.2, 0.25) is 0 Å². The second-order valence-electron chi connectivity index (χ2n) is 9.87. The number of aromatic nitrogens is 2. The predicted molar refractivity (Wildman–Crippen MR) is 127 cm³/mol. The van der Waals surface area contributed by atoms with Gasteiger partial charge in [-0.05, 0) is 63.1 Å². The summed E-state index contributed by atoms with van der Waals surface area (Å²) >= 11 is 0. The van der Waals surface area contributed by atoms with Crippen molar-refractivity contribution in [2.75, 3.05) is 4.90 Å². The normalized spacial score (nSPS) is 23.9. The van der Waals surface area contributed by atoms with Gasteiger partial charge in [-0.2, -0.15) is 0 Å². The number of hydrogen-bond donors (Lipinski definition) is 1. The van der Waals surface area contributed by atoms with Crippen LogP contribution in [0.4, 0.5) is 5.82 Å². The van der Waals surface area contributed by atoms with Gasteiger partial charge in [0.25, 0.3) is 0 Å². The maximum absolute atomic E-state index is 11.2. The van der Waals surface area contributed by atoms with E-state index >= 15 is 0 Å². The minimum atomic E-state index is -0.946. The number of anilines is 1. The van der Waals surface area contributed by atoms with Crippen LogP contribution in [0.5, 0.6) is 0 Å². The first-order chi connectivity index (χ1) is 16.6. The highest BCUT2D eigenvalue weighted by Gasteiger charge is 2.42. The van der Waals surface area contributed by atoms with E-state index in [1.807, 2.05) is 18.2 Å². The summed E-state index contributed by atoms with van der Waals surface area (Å²) in [5.41, 5.74) is 4.55. The van der Waals surface area contributed by atoms with Gasteiger partial charge < -0.3 is 19.3 Å². The molecule has 34 heavy (non-hydrogen) atoms. The molecule has 1 aliphatic carbocycles. The molecule has 3 fully saturated rings. The summed E-state index contributed by atoms with van der Waals surface area (Å²) in [5.74, 6) is 1.40. The Morgan fingerprint density at radius 3 is 2.53 bits per heavy atom. The number of carboxylic acids is 1. The van der Waals surface area contributed by atoms with E-state index in [-0.39, 0.29) is 11.7 Å². The lowest BCUT2D eigenvalue weighted by Gasteiger charge is -2.39. The number of nitrogens with zero attached hydrogens (tertiary/aromatic N) is 3. The van der Waals surface area contributed by atoms with Crippen molar-refractivity contribution < 1.29 is 19.2 Å². The number of carbonyl (C=O) groups is 1. The first-order valence-corrected chi connectivity index (χ1v) is 12.2. The Hall–Kier alpha value is -3.19. The number of benzene rings is 1.